The van der Waals surface area contributed by atoms with E-state index in [0.717, 1.165) is 19.4 Å². The van der Waals surface area contributed by atoms with Gasteiger partial charge in [-0.3, -0.25) is 0 Å². The van der Waals surface area contributed by atoms with E-state index in [1.165, 1.54) is 32.1 Å². The molecule has 0 N–H and O–H groups in total. The van der Waals surface area contributed by atoms with Crippen molar-refractivity contribution in [3.8, 4) is 0 Å². The van der Waals surface area contributed by atoms with Gasteiger partial charge in [0, 0.05) is 13.7 Å². The molecule has 1 heterocycles. The third kappa shape index (κ3) is 4.35. The van der Waals surface area contributed by atoms with Gasteiger partial charge in [-0.2, -0.15) is 0 Å². The standard InChI is InChI=1S/C17H31NO3/c1-17(2,3)21-16(19)18-12-8-11-14(18)15(20-4)13-9-6-5-7-10-13/h13-15H,5-12H2,1-4H3/t14-,15?/m1/s1. The summed E-state index contributed by atoms with van der Waals surface area (Å²) < 4.78 is 11.4. The van der Waals surface area contributed by atoms with Gasteiger partial charge >= 0.3 is 6.09 Å². The quantitative estimate of drug-likeness (QED) is 0.791. The van der Waals surface area contributed by atoms with Crippen LogP contribution in [-0.2, 0) is 9.47 Å². The highest BCUT2D eigenvalue weighted by Crippen LogP contribution is 2.34. The molecule has 1 aliphatic heterocycles. The molecule has 1 amide bonds. The Balaban J connectivity index is 2.03. The van der Waals surface area contributed by atoms with E-state index >= 15 is 0 Å². The van der Waals surface area contributed by atoms with Gasteiger partial charge in [0.15, 0.2) is 0 Å². The van der Waals surface area contributed by atoms with Crippen LogP contribution in [0.25, 0.3) is 0 Å². The molecule has 2 fully saturated rings. The molecule has 0 aromatic carbocycles. The monoisotopic (exact) mass is 297 g/mol. The van der Waals surface area contributed by atoms with Crippen LogP contribution in [0.5, 0.6) is 0 Å². The molecule has 0 aromatic rings. The molecule has 1 unspecified atom stereocenters. The molecule has 0 radical (unpaired) electrons. The first-order valence-corrected chi connectivity index (χ1v) is 8.45. The molecule has 0 spiro atoms. The fourth-order valence-corrected chi connectivity index (χ4v) is 3.81. The number of likely N-dealkylation sites (tertiary alicyclic amines) is 1. The summed E-state index contributed by atoms with van der Waals surface area (Å²) in [4.78, 5) is 14.3. The van der Waals surface area contributed by atoms with Gasteiger partial charge < -0.3 is 14.4 Å². The van der Waals surface area contributed by atoms with E-state index in [4.69, 9.17) is 9.47 Å². The molecule has 2 rings (SSSR count). The van der Waals surface area contributed by atoms with E-state index in [1.54, 1.807) is 7.11 Å². The number of amides is 1. The Morgan fingerprint density at radius 2 is 1.76 bits per heavy atom. The molecular weight excluding hydrogens is 266 g/mol. The molecule has 0 aromatic heterocycles. The highest BCUT2D eigenvalue weighted by Gasteiger charge is 2.40. The number of rotatable bonds is 3. The largest absolute Gasteiger partial charge is 0.444 e. The van der Waals surface area contributed by atoms with Crippen molar-refractivity contribution in [2.45, 2.75) is 83.5 Å². The van der Waals surface area contributed by atoms with Crippen LogP contribution in [0.3, 0.4) is 0 Å². The van der Waals surface area contributed by atoms with Crippen molar-refractivity contribution < 1.29 is 14.3 Å². The number of carbonyl (C=O) groups excluding carboxylic acids is 1. The summed E-state index contributed by atoms with van der Waals surface area (Å²) in [5, 5.41) is 0. The Labute approximate surface area is 129 Å². The summed E-state index contributed by atoms with van der Waals surface area (Å²) in [6.45, 7) is 6.56. The fraction of sp³-hybridized carbons (Fsp3) is 0.941. The lowest BCUT2D eigenvalue weighted by Crippen LogP contribution is -2.48. The molecule has 4 nitrogen and oxygen atoms in total. The van der Waals surface area contributed by atoms with Crippen LogP contribution >= 0.6 is 0 Å². The van der Waals surface area contributed by atoms with Crippen molar-refractivity contribution in [3.05, 3.63) is 0 Å². The van der Waals surface area contributed by atoms with Gasteiger partial charge in [0.1, 0.15) is 5.60 Å². The molecule has 21 heavy (non-hydrogen) atoms. The van der Waals surface area contributed by atoms with E-state index < -0.39 is 5.60 Å². The smallest absolute Gasteiger partial charge is 0.410 e. The predicted octanol–water partition coefficient (Wildman–Crippen LogP) is 3.98. The summed E-state index contributed by atoms with van der Waals surface area (Å²) in [6.07, 6.45) is 8.47. The highest BCUT2D eigenvalue weighted by atomic mass is 16.6. The van der Waals surface area contributed by atoms with E-state index in [9.17, 15) is 4.79 Å². The van der Waals surface area contributed by atoms with Crippen LogP contribution in [-0.4, -0.2) is 42.4 Å². The summed E-state index contributed by atoms with van der Waals surface area (Å²) in [7, 11) is 1.80. The lowest BCUT2D eigenvalue weighted by atomic mass is 9.82. The number of ether oxygens (including phenoxy) is 2. The maximum atomic E-state index is 12.4. The Bertz CT molecular complexity index is 344. The van der Waals surface area contributed by atoms with E-state index in [2.05, 4.69) is 0 Å². The molecule has 0 bridgehead atoms. The van der Waals surface area contributed by atoms with Gasteiger partial charge in [0.25, 0.3) is 0 Å². The second-order valence-electron chi connectivity index (χ2n) is 7.48. The second-order valence-corrected chi connectivity index (χ2v) is 7.48. The number of methoxy groups -OCH3 is 1. The highest BCUT2D eigenvalue weighted by molar-refractivity contribution is 5.69. The van der Waals surface area contributed by atoms with Crippen molar-refractivity contribution in [2.24, 2.45) is 5.92 Å². The lowest BCUT2D eigenvalue weighted by Gasteiger charge is -2.37. The molecule has 1 saturated heterocycles. The molecule has 2 atom stereocenters. The topological polar surface area (TPSA) is 38.8 Å². The van der Waals surface area contributed by atoms with Gasteiger partial charge in [-0.1, -0.05) is 19.3 Å². The third-order valence-electron chi connectivity index (χ3n) is 4.69. The van der Waals surface area contributed by atoms with Crippen molar-refractivity contribution in [2.75, 3.05) is 13.7 Å². The number of nitrogens with zero attached hydrogens (tertiary/aromatic N) is 1. The molecular formula is C17H31NO3. The van der Waals surface area contributed by atoms with Gasteiger partial charge in [-0.25, -0.2) is 4.79 Å². The second kappa shape index (κ2) is 6.99. The molecule has 2 aliphatic rings. The number of hydrogen-bond donors (Lipinski definition) is 0. The third-order valence-corrected chi connectivity index (χ3v) is 4.69. The average molecular weight is 297 g/mol. The Kier molecular flexibility index (Phi) is 5.53. The van der Waals surface area contributed by atoms with Gasteiger partial charge in [-0.15, -0.1) is 0 Å². The van der Waals surface area contributed by atoms with Crippen LogP contribution in [0.1, 0.15) is 65.7 Å². The SMILES string of the molecule is COC(C1CCCCC1)[C@H]1CCCN1C(=O)OC(C)(C)C. The minimum absolute atomic E-state index is 0.167. The van der Waals surface area contributed by atoms with Crippen molar-refractivity contribution in [1.29, 1.82) is 0 Å². The minimum atomic E-state index is -0.433. The summed E-state index contributed by atoms with van der Waals surface area (Å²) in [5.74, 6) is 0.594. The van der Waals surface area contributed by atoms with Crippen LogP contribution in [0.2, 0.25) is 0 Å². The number of carbonyl (C=O) groups is 1. The van der Waals surface area contributed by atoms with Crippen molar-refractivity contribution in [1.82, 2.24) is 4.90 Å². The molecule has 4 heteroatoms. The first-order valence-electron chi connectivity index (χ1n) is 8.45. The van der Waals surface area contributed by atoms with Crippen molar-refractivity contribution >= 4 is 6.09 Å². The molecule has 1 saturated carbocycles. The Morgan fingerprint density at radius 3 is 2.33 bits per heavy atom. The van der Waals surface area contributed by atoms with E-state index in [-0.39, 0.29) is 18.2 Å². The average Bonchev–Trinajstić information content (AvgIpc) is 2.88. The zero-order valence-electron chi connectivity index (χ0n) is 14.1. The van der Waals surface area contributed by atoms with Gasteiger partial charge in [0.05, 0.1) is 12.1 Å². The van der Waals surface area contributed by atoms with Crippen molar-refractivity contribution in [3.63, 3.8) is 0 Å². The number of hydrogen-bond acceptors (Lipinski definition) is 3. The van der Waals surface area contributed by atoms with Crippen LogP contribution in [0.15, 0.2) is 0 Å². The first-order chi connectivity index (χ1) is 9.92. The Morgan fingerprint density at radius 1 is 1.10 bits per heavy atom. The molecule has 122 valence electrons. The molecule has 1 aliphatic carbocycles. The summed E-state index contributed by atoms with van der Waals surface area (Å²) >= 11 is 0. The summed E-state index contributed by atoms with van der Waals surface area (Å²) in [6, 6.07) is 0.188. The normalized spacial score (nSPS) is 25.9. The van der Waals surface area contributed by atoms with Crippen LogP contribution < -0.4 is 0 Å². The lowest BCUT2D eigenvalue weighted by molar-refractivity contribution is -0.0318. The van der Waals surface area contributed by atoms with Gasteiger partial charge in [0.2, 0.25) is 0 Å². The first kappa shape index (κ1) is 16.6. The zero-order chi connectivity index (χ0) is 15.5. The predicted molar refractivity (Wildman–Crippen MR) is 83.3 cm³/mol. The zero-order valence-corrected chi connectivity index (χ0v) is 14.1. The Hall–Kier alpha value is -0.770. The van der Waals surface area contributed by atoms with Gasteiger partial charge in [-0.05, 0) is 52.4 Å². The summed E-state index contributed by atoms with van der Waals surface area (Å²) in [5.41, 5.74) is -0.433. The van der Waals surface area contributed by atoms with Crippen LogP contribution in [0, 0.1) is 5.92 Å². The maximum absolute atomic E-state index is 12.4. The minimum Gasteiger partial charge on any atom is -0.444 e. The van der Waals surface area contributed by atoms with Crippen LogP contribution in [0.4, 0.5) is 4.79 Å². The van der Waals surface area contributed by atoms with E-state index in [0.29, 0.717) is 5.92 Å². The maximum Gasteiger partial charge on any atom is 0.410 e. The fourth-order valence-electron chi connectivity index (χ4n) is 3.81. The van der Waals surface area contributed by atoms with E-state index in [1.807, 2.05) is 25.7 Å².